The van der Waals surface area contributed by atoms with Gasteiger partial charge in [-0.2, -0.15) is 0 Å². The summed E-state index contributed by atoms with van der Waals surface area (Å²) in [5, 5.41) is 2.98. The quantitative estimate of drug-likeness (QED) is 0.873. The van der Waals surface area contributed by atoms with Crippen LogP contribution in [0.1, 0.15) is 18.2 Å². The predicted molar refractivity (Wildman–Crippen MR) is 87.8 cm³/mol. The van der Waals surface area contributed by atoms with Crippen LogP contribution in [0.5, 0.6) is 0 Å². The lowest BCUT2D eigenvalue weighted by atomic mass is 10.1. The van der Waals surface area contributed by atoms with E-state index in [2.05, 4.69) is 26.2 Å². The largest absolute Gasteiger partial charge is 0.397 e. The van der Waals surface area contributed by atoms with Crippen LogP contribution in [0, 0.1) is 0 Å². The van der Waals surface area contributed by atoms with Crippen molar-refractivity contribution in [2.45, 2.75) is 25.8 Å². The minimum Gasteiger partial charge on any atom is -0.397 e. The molecule has 0 fully saturated rings. The third kappa shape index (κ3) is 5.19. The molecule has 1 heterocycles. The van der Waals surface area contributed by atoms with Gasteiger partial charge in [0.15, 0.2) is 0 Å². The summed E-state index contributed by atoms with van der Waals surface area (Å²) < 4.78 is 1.05. The maximum atomic E-state index is 12.0. The second kappa shape index (κ2) is 7.22. The molecule has 110 valence electrons. The van der Waals surface area contributed by atoms with Crippen molar-refractivity contribution in [2.24, 2.45) is 0 Å². The normalized spacial score (nSPS) is 11.9. The lowest BCUT2D eigenvalue weighted by molar-refractivity contribution is -0.121. The second-order valence-corrected chi connectivity index (χ2v) is 5.97. The van der Waals surface area contributed by atoms with Crippen LogP contribution in [-0.4, -0.2) is 16.9 Å². The molecule has 1 aromatic carbocycles. The van der Waals surface area contributed by atoms with E-state index in [4.69, 9.17) is 5.73 Å². The van der Waals surface area contributed by atoms with Crippen LogP contribution in [0.15, 0.2) is 47.1 Å². The number of nitrogens with zero attached hydrogens (tertiary/aromatic N) is 1. The van der Waals surface area contributed by atoms with E-state index in [9.17, 15) is 4.79 Å². The molecule has 0 spiro atoms. The SMILES string of the molecule is CC(Cc1ccc(Br)cc1)NC(=O)Cc1ccc(N)cn1. The molecule has 4 nitrogen and oxygen atoms in total. The van der Waals surface area contributed by atoms with E-state index in [0.717, 1.165) is 16.6 Å². The maximum Gasteiger partial charge on any atom is 0.226 e. The van der Waals surface area contributed by atoms with Crippen molar-refractivity contribution in [3.05, 3.63) is 58.3 Å². The highest BCUT2D eigenvalue weighted by atomic mass is 79.9. The molecule has 2 rings (SSSR count). The van der Waals surface area contributed by atoms with Gasteiger partial charge >= 0.3 is 0 Å². The summed E-state index contributed by atoms with van der Waals surface area (Å²) in [5.74, 6) is -0.0307. The Balaban J connectivity index is 1.84. The number of hydrogen-bond acceptors (Lipinski definition) is 3. The van der Waals surface area contributed by atoms with Crippen molar-refractivity contribution in [1.82, 2.24) is 10.3 Å². The van der Waals surface area contributed by atoms with Crippen LogP contribution in [0.2, 0.25) is 0 Å². The Morgan fingerprint density at radius 1 is 1.29 bits per heavy atom. The summed E-state index contributed by atoms with van der Waals surface area (Å²) in [5.41, 5.74) is 8.08. The van der Waals surface area contributed by atoms with E-state index >= 15 is 0 Å². The highest BCUT2D eigenvalue weighted by Gasteiger charge is 2.09. The minimum absolute atomic E-state index is 0.0307. The molecule has 0 radical (unpaired) electrons. The van der Waals surface area contributed by atoms with Gasteiger partial charge in [0.1, 0.15) is 0 Å². The highest BCUT2D eigenvalue weighted by Crippen LogP contribution is 2.12. The van der Waals surface area contributed by atoms with Crippen LogP contribution < -0.4 is 11.1 Å². The number of benzene rings is 1. The van der Waals surface area contributed by atoms with E-state index in [1.165, 1.54) is 5.56 Å². The molecule has 3 N–H and O–H groups in total. The zero-order chi connectivity index (χ0) is 15.2. The summed E-state index contributed by atoms with van der Waals surface area (Å²) in [4.78, 5) is 16.1. The molecule has 1 unspecified atom stereocenters. The van der Waals surface area contributed by atoms with Gasteiger partial charge in [0.2, 0.25) is 5.91 Å². The van der Waals surface area contributed by atoms with Gasteiger partial charge < -0.3 is 11.1 Å². The minimum atomic E-state index is -0.0307. The lowest BCUT2D eigenvalue weighted by Gasteiger charge is -2.14. The van der Waals surface area contributed by atoms with Gasteiger partial charge in [-0.3, -0.25) is 9.78 Å². The molecular weight excluding hydrogens is 330 g/mol. The summed E-state index contributed by atoms with van der Waals surface area (Å²) in [6.07, 6.45) is 2.63. The zero-order valence-corrected chi connectivity index (χ0v) is 13.4. The molecule has 0 saturated carbocycles. The Bertz CT molecular complexity index is 596. The third-order valence-corrected chi connectivity index (χ3v) is 3.58. The number of carbonyl (C=O) groups is 1. The molecule has 1 atom stereocenters. The van der Waals surface area contributed by atoms with E-state index in [1.807, 2.05) is 31.2 Å². The average Bonchev–Trinajstić information content (AvgIpc) is 2.44. The fraction of sp³-hybridized carbons (Fsp3) is 0.250. The topological polar surface area (TPSA) is 68.0 Å². The van der Waals surface area contributed by atoms with Crippen LogP contribution in [0.3, 0.4) is 0 Å². The van der Waals surface area contributed by atoms with Crippen molar-refractivity contribution in [2.75, 3.05) is 5.73 Å². The number of amides is 1. The maximum absolute atomic E-state index is 12.0. The first kappa shape index (κ1) is 15.5. The molecule has 0 aliphatic carbocycles. The molecule has 1 aromatic heterocycles. The second-order valence-electron chi connectivity index (χ2n) is 5.06. The lowest BCUT2D eigenvalue weighted by Crippen LogP contribution is -2.35. The van der Waals surface area contributed by atoms with Crippen LogP contribution in [0.25, 0.3) is 0 Å². The number of nitrogens with two attached hydrogens (primary N) is 1. The molecule has 0 bridgehead atoms. The standard InChI is InChI=1S/C16H18BrN3O/c1-11(8-12-2-4-13(17)5-3-12)20-16(21)9-15-7-6-14(18)10-19-15/h2-7,10-11H,8-9,18H2,1H3,(H,20,21). The molecule has 0 aliphatic heterocycles. The van der Waals surface area contributed by atoms with Crippen molar-refractivity contribution in [3.63, 3.8) is 0 Å². The monoisotopic (exact) mass is 347 g/mol. The Morgan fingerprint density at radius 3 is 2.62 bits per heavy atom. The van der Waals surface area contributed by atoms with Crippen LogP contribution in [0.4, 0.5) is 5.69 Å². The molecule has 0 saturated heterocycles. The van der Waals surface area contributed by atoms with Crippen LogP contribution in [-0.2, 0) is 17.6 Å². The first-order valence-corrected chi connectivity index (χ1v) is 7.56. The van der Waals surface area contributed by atoms with Gasteiger partial charge in [-0.05, 0) is 43.2 Å². The van der Waals surface area contributed by atoms with E-state index in [-0.39, 0.29) is 18.4 Å². The number of nitrogen functional groups attached to an aromatic ring is 1. The van der Waals surface area contributed by atoms with Gasteiger partial charge in [0.05, 0.1) is 18.3 Å². The third-order valence-electron chi connectivity index (χ3n) is 3.05. The van der Waals surface area contributed by atoms with E-state index in [0.29, 0.717) is 5.69 Å². The first-order valence-electron chi connectivity index (χ1n) is 6.77. The van der Waals surface area contributed by atoms with Crippen molar-refractivity contribution in [1.29, 1.82) is 0 Å². The average molecular weight is 348 g/mol. The Labute approximate surface area is 132 Å². The number of anilines is 1. The summed E-state index contributed by atoms with van der Waals surface area (Å²) in [7, 11) is 0. The van der Waals surface area contributed by atoms with Gasteiger partial charge in [0, 0.05) is 16.2 Å². The number of carbonyl (C=O) groups excluding carboxylic acids is 1. The van der Waals surface area contributed by atoms with Gasteiger partial charge in [0.25, 0.3) is 0 Å². The fourth-order valence-electron chi connectivity index (χ4n) is 2.06. The van der Waals surface area contributed by atoms with Crippen molar-refractivity contribution < 1.29 is 4.79 Å². The van der Waals surface area contributed by atoms with Crippen molar-refractivity contribution >= 4 is 27.5 Å². The zero-order valence-electron chi connectivity index (χ0n) is 11.8. The molecule has 0 aliphatic rings. The van der Waals surface area contributed by atoms with Gasteiger partial charge in [-0.25, -0.2) is 0 Å². The number of nitrogens with one attached hydrogen (secondary N) is 1. The fourth-order valence-corrected chi connectivity index (χ4v) is 2.32. The van der Waals surface area contributed by atoms with Gasteiger partial charge in [-0.15, -0.1) is 0 Å². The van der Waals surface area contributed by atoms with E-state index in [1.54, 1.807) is 18.3 Å². The number of aromatic nitrogens is 1. The van der Waals surface area contributed by atoms with Gasteiger partial charge in [-0.1, -0.05) is 28.1 Å². The van der Waals surface area contributed by atoms with E-state index < -0.39 is 0 Å². The summed E-state index contributed by atoms with van der Waals surface area (Å²) >= 11 is 3.41. The van der Waals surface area contributed by atoms with Crippen LogP contribution >= 0.6 is 15.9 Å². The van der Waals surface area contributed by atoms with Crippen molar-refractivity contribution in [3.8, 4) is 0 Å². The first-order chi connectivity index (χ1) is 10.0. The Morgan fingerprint density at radius 2 is 2.00 bits per heavy atom. The number of pyridine rings is 1. The summed E-state index contributed by atoms with van der Waals surface area (Å²) in [6, 6.07) is 11.7. The molecule has 21 heavy (non-hydrogen) atoms. The predicted octanol–water partition coefficient (Wildman–Crippen LogP) is 2.72. The summed E-state index contributed by atoms with van der Waals surface area (Å²) in [6.45, 7) is 2.00. The smallest absolute Gasteiger partial charge is 0.226 e. The number of halogens is 1. The molecular formula is C16H18BrN3O. The Kier molecular flexibility index (Phi) is 5.33. The highest BCUT2D eigenvalue weighted by molar-refractivity contribution is 9.10. The molecule has 1 amide bonds. The molecule has 2 aromatic rings. The molecule has 5 heteroatoms. The Hall–Kier alpha value is -1.88. The number of hydrogen-bond donors (Lipinski definition) is 2. The number of rotatable bonds is 5.